The quantitative estimate of drug-likeness (QED) is 0.689. The van der Waals surface area contributed by atoms with Crippen molar-refractivity contribution in [3.8, 4) is 0 Å². The third-order valence-corrected chi connectivity index (χ3v) is 6.04. The zero-order valence-electron chi connectivity index (χ0n) is 14.8. The van der Waals surface area contributed by atoms with Crippen molar-refractivity contribution in [3.05, 3.63) is 29.3 Å². The fraction of sp³-hybridized carbons (Fsp3) is 0.556. The van der Waals surface area contributed by atoms with E-state index in [4.69, 9.17) is 4.74 Å². The third-order valence-electron chi connectivity index (χ3n) is 4.64. The highest BCUT2D eigenvalue weighted by Gasteiger charge is 2.27. The number of benzene rings is 1. The third kappa shape index (κ3) is 4.82. The monoisotopic (exact) mass is 380 g/mol. The van der Waals surface area contributed by atoms with Gasteiger partial charge in [-0.05, 0) is 68.7 Å². The summed E-state index contributed by atoms with van der Waals surface area (Å²) >= 11 is 0. The Morgan fingerprint density at radius 2 is 1.88 bits per heavy atom. The van der Waals surface area contributed by atoms with Crippen LogP contribution in [0.4, 0.5) is 0 Å². The van der Waals surface area contributed by atoms with Gasteiger partial charge in [-0.2, -0.15) is 4.72 Å². The SMILES string of the molecule is C[C@@H](OC(=O)CNS(=O)(=O)c1ccc2c(c1)CCCC2)C(=O)NC1CC1. The molecule has 0 radical (unpaired) electrons. The van der Waals surface area contributed by atoms with Crippen molar-refractivity contribution in [1.82, 2.24) is 10.0 Å². The molecule has 1 aromatic rings. The lowest BCUT2D eigenvalue weighted by Crippen LogP contribution is -2.39. The van der Waals surface area contributed by atoms with Crippen LogP contribution in [0.5, 0.6) is 0 Å². The lowest BCUT2D eigenvalue weighted by atomic mass is 9.92. The molecule has 1 saturated carbocycles. The largest absolute Gasteiger partial charge is 0.452 e. The normalized spacial score (nSPS) is 17.9. The lowest BCUT2D eigenvalue weighted by molar-refractivity contribution is -0.153. The van der Waals surface area contributed by atoms with Crippen molar-refractivity contribution >= 4 is 21.9 Å². The Morgan fingerprint density at radius 1 is 1.19 bits per heavy atom. The van der Waals surface area contributed by atoms with Crippen LogP contribution in [0.1, 0.15) is 43.7 Å². The number of carbonyl (C=O) groups is 2. The first-order chi connectivity index (χ1) is 12.3. The molecule has 0 saturated heterocycles. The average Bonchev–Trinajstić information content (AvgIpc) is 3.43. The second-order valence-corrected chi connectivity index (χ2v) is 8.64. The zero-order valence-corrected chi connectivity index (χ0v) is 15.6. The minimum absolute atomic E-state index is 0.144. The summed E-state index contributed by atoms with van der Waals surface area (Å²) in [6.07, 6.45) is 4.94. The fourth-order valence-corrected chi connectivity index (χ4v) is 3.97. The summed E-state index contributed by atoms with van der Waals surface area (Å²) in [5.74, 6) is -1.15. The maximum atomic E-state index is 12.4. The van der Waals surface area contributed by atoms with Gasteiger partial charge in [-0.15, -0.1) is 0 Å². The Labute approximate surface area is 153 Å². The van der Waals surface area contributed by atoms with Gasteiger partial charge in [0.2, 0.25) is 10.0 Å². The number of hydrogen-bond acceptors (Lipinski definition) is 5. The number of sulfonamides is 1. The molecule has 26 heavy (non-hydrogen) atoms. The molecule has 0 heterocycles. The predicted molar refractivity (Wildman–Crippen MR) is 95.0 cm³/mol. The van der Waals surface area contributed by atoms with Crippen LogP contribution in [0.2, 0.25) is 0 Å². The molecule has 7 nitrogen and oxygen atoms in total. The Morgan fingerprint density at radius 3 is 2.58 bits per heavy atom. The maximum Gasteiger partial charge on any atom is 0.321 e. The molecule has 1 fully saturated rings. The van der Waals surface area contributed by atoms with Gasteiger partial charge in [0, 0.05) is 6.04 Å². The minimum atomic E-state index is -3.81. The molecule has 1 aromatic carbocycles. The number of fused-ring (bicyclic) bond motifs is 1. The van der Waals surface area contributed by atoms with Crippen LogP contribution < -0.4 is 10.0 Å². The van der Waals surface area contributed by atoms with E-state index in [2.05, 4.69) is 10.0 Å². The fourth-order valence-electron chi connectivity index (χ4n) is 2.95. The van der Waals surface area contributed by atoms with Crippen molar-refractivity contribution in [2.75, 3.05) is 6.54 Å². The molecule has 142 valence electrons. The Balaban J connectivity index is 1.54. The summed E-state index contributed by atoms with van der Waals surface area (Å²) < 4.78 is 32.0. The molecule has 0 unspecified atom stereocenters. The number of amides is 1. The van der Waals surface area contributed by atoms with E-state index in [1.54, 1.807) is 12.1 Å². The topological polar surface area (TPSA) is 102 Å². The van der Waals surface area contributed by atoms with Crippen LogP contribution in [-0.2, 0) is 37.2 Å². The lowest BCUT2D eigenvalue weighted by Gasteiger charge is -2.17. The molecule has 0 bridgehead atoms. The highest BCUT2D eigenvalue weighted by molar-refractivity contribution is 7.89. The van der Waals surface area contributed by atoms with Crippen LogP contribution in [0, 0.1) is 0 Å². The van der Waals surface area contributed by atoms with Crippen LogP contribution in [0.25, 0.3) is 0 Å². The van der Waals surface area contributed by atoms with Crippen LogP contribution >= 0.6 is 0 Å². The summed E-state index contributed by atoms with van der Waals surface area (Å²) in [5, 5.41) is 2.73. The molecule has 1 amide bonds. The maximum absolute atomic E-state index is 12.4. The van der Waals surface area contributed by atoms with Crippen LogP contribution in [0.15, 0.2) is 23.1 Å². The van der Waals surface area contributed by atoms with Gasteiger partial charge in [0.15, 0.2) is 6.10 Å². The van der Waals surface area contributed by atoms with E-state index in [1.807, 2.05) is 6.07 Å². The molecular weight excluding hydrogens is 356 g/mol. The van der Waals surface area contributed by atoms with Crippen LogP contribution in [-0.4, -0.2) is 39.0 Å². The first kappa shape index (κ1) is 18.8. The van der Waals surface area contributed by atoms with E-state index in [0.29, 0.717) is 0 Å². The molecule has 0 spiro atoms. The van der Waals surface area contributed by atoms with Gasteiger partial charge in [0.1, 0.15) is 6.54 Å². The van der Waals surface area contributed by atoms with E-state index in [-0.39, 0.29) is 16.8 Å². The van der Waals surface area contributed by atoms with E-state index in [0.717, 1.165) is 44.1 Å². The van der Waals surface area contributed by atoms with Gasteiger partial charge in [0.25, 0.3) is 5.91 Å². The first-order valence-corrected chi connectivity index (χ1v) is 10.4. The van der Waals surface area contributed by atoms with Gasteiger partial charge in [-0.25, -0.2) is 8.42 Å². The number of hydrogen-bond donors (Lipinski definition) is 2. The highest BCUT2D eigenvalue weighted by Crippen LogP contribution is 2.24. The highest BCUT2D eigenvalue weighted by atomic mass is 32.2. The van der Waals surface area contributed by atoms with Gasteiger partial charge >= 0.3 is 5.97 Å². The summed E-state index contributed by atoms with van der Waals surface area (Å²) in [6.45, 7) is 0.952. The van der Waals surface area contributed by atoms with Crippen molar-refractivity contribution in [2.45, 2.75) is 62.5 Å². The summed E-state index contributed by atoms with van der Waals surface area (Å²) in [5.41, 5.74) is 2.23. The molecule has 0 aliphatic heterocycles. The summed E-state index contributed by atoms with van der Waals surface area (Å²) in [6, 6.07) is 5.24. The molecule has 2 N–H and O–H groups in total. The van der Waals surface area contributed by atoms with E-state index >= 15 is 0 Å². The second kappa shape index (κ2) is 7.75. The predicted octanol–water partition coefficient (Wildman–Crippen LogP) is 1.05. The number of carbonyl (C=O) groups excluding carboxylic acids is 2. The standard InChI is InChI=1S/C18H24N2O5S/c1-12(18(22)20-15-7-8-15)25-17(21)11-19-26(23,24)16-9-6-13-4-2-3-5-14(13)10-16/h6,9-10,12,15,19H,2-5,7-8,11H2,1H3,(H,20,22)/t12-/m1/s1. The molecule has 2 aliphatic carbocycles. The Hall–Kier alpha value is -1.93. The number of ether oxygens (including phenoxy) is 1. The van der Waals surface area contributed by atoms with Gasteiger partial charge in [0.05, 0.1) is 4.90 Å². The Bertz CT molecular complexity index is 802. The van der Waals surface area contributed by atoms with Gasteiger partial charge < -0.3 is 10.1 Å². The van der Waals surface area contributed by atoms with Gasteiger partial charge in [-0.3, -0.25) is 9.59 Å². The van der Waals surface area contributed by atoms with E-state index in [9.17, 15) is 18.0 Å². The smallest absolute Gasteiger partial charge is 0.321 e. The summed E-state index contributed by atoms with van der Waals surface area (Å²) in [7, 11) is -3.81. The number of rotatable bonds is 7. The molecule has 3 rings (SSSR count). The number of nitrogens with one attached hydrogen (secondary N) is 2. The second-order valence-electron chi connectivity index (χ2n) is 6.88. The zero-order chi connectivity index (χ0) is 18.7. The molecule has 0 aromatic heterocycles. The van der Waals surface area contributed by atoms with Crippen molar-refractivity contribution in [2.24, 2.45) is 0 Å². The van der Waals surface area contributed by atoms with Gasteiger partial charge in [-0.1, -0.05) is 6.07 Å². The Kier molecular flexibility index (Phi) is 5.62. The number of aryl methyl sites for hydroxylation is 2. The minimum Gasteiger partial charge on any atom is -0.452 e. The molecule has 1 atom stereocenters. The number of esters is 1. The van der Waals surface area contributed by atoms with Crippen LogP contribution in [0.3, 0.4) is 0 Å². The summed E-state index contributed by atoms with van der Waals surface area (Å²) in [4.78, 5) is 23.7. The van der Waals surface area contributed by atoms with E-state index < -0.39 is 28.6 Å². The molecule has 8 heteroatoms. The first-order valence-electron chi connectivity index (χ1n) is 8.96. The molecular formula is C18H24N2O5S. The molecule has 2 aliphatic rings. The van der Waals surface area contributed by atoms with Crippen molar-refractivity contribution in [1.29, 1.82) is 0 Å². The van der Waals surface area contributed by atoms with E-state index in [1.165, 1.54) is 12.5 Å². The average molecular weight is 380 g/mol. The van der Waals surface area contributed by atoms with Crippen molar-refractivity contribution < 1.29 is 22.7 Å². The van der Waals surface area contributed by atoms with Crippen molar-refractivity contribution in [3.63, 3.8) is 0 Å².